The molecule has 0 amide bonds. The van der Waals surface area contributed by atoms with Crippen molar-refractivity contribution in [3.8, 4) is 0 Å². The second kappa shape index (κ2) is 6.48. The third-order valence-electron chi connectivity index (χ3n) is 3.63. The third-order valence-corrected chi connectivity index (χ3v) is 4.37. The summed E-state index contributed by atoms with van der Waals surface area (Å²) in [7, 11) is 2.12. The number of hydrogen-bond donors (Lipinski definition) is 1. The van der Waals surface area contributed by atoms with Gasteiger partial charge in [0.1, 0.15) is 0 Å². The highest BCUT2D eigenvalue weighted by atomic mass is 79.9. The monoisotopic (exact) mass is 369 g/mol. The summed E-state index contributed by atoms with van der Waals surface area (Å²) < 4.78 is 6.72. The van der Waals surface area contributed by atoms with Gasteiger partial charge in [-0.1, -0.05) is 27.5 Å². The Bertz CT molecular complexity index is 652. The van der Waals surface area contributed by atoms with Crippen molar-refractivity contribution in [2.45, 2.75) is 6.10 Å². The number of fused-ring (bicyclic) bond motifs is 1. The summed E-state index contributed by atoms with van der Waals surface area (Å²) >= 11 is 9.73. The molecular weight excluding hydrogens is 354 g/mol. The number of hydrogen-bond acceptors (Lipinski definition) is 4. The van der Waals surface area contributed by atoms with Crippen LogP contribution in [-0.4, -0.2) is 49.3 Å². The third kappa shape index (κ3) is 3.48. The number of benzene rings is 1. The van der Waals surface area contributed by atoms with Gasteiger partial charge in [-0.25, -0.2) is 0 Å². The maximum atomic E-state index is 6.25. The summed E-state index contributed by atoms with van der Waals surface area (Å²) in [6.07, 6.45) is 1.98. The molecule has 0 saturated carbocycles. The Balaban J connectivity index is 1.80. The fraction of sp³-hybridized carbons (Fsp3) is 0.400. The first-order valence-corrected chi connectivity index (χ1v) is 8.08. The molecule has 2 heterocycles. The van der Waals surface area contributed by atoms with E-state index >= 15 is 0 Å². The molecule has 112 valence electrons. The van der Waals surface area contributed by atoms with Crippen molar-refractivity contribution < 1.29 is 4.74 Å². The van der Waals surface area contributed by atoms with Crippen LogP contribution in [-0.2, 0) is 4.74 Å². The highest BCUT2D eigenvalue weighted by Crippen LogP contribution is 2.31. The van der Waals surface area contributed by atoms with Crippen molar-refractivity contribution in [3.05, 3.63) is 33.9 Å². The highest BCUT2D eigenvalue weighted by molar-refractivity contribution is 9.10. The average Bonchev–Trinajstić information content (AvgIpc) is 2.45. The molecule has 0 radical (unpaired) electrons. The summed E-state index contributed by atoms with van der Waals surface area (Å²) in [6.45, 7) is 3.50. The normalized spacial score (nSPS) is 19.9. The summed E-state index contributed by atoms with van der Waals surface area (Å²) in [6, 6.07) is 5.86. The number of rotatable bonds is 3. The Morgan fingerprint density at radius 1 is 1.52 bits per heavy atom. The molecule has 1 atom stereocenters. The molecule has 0 spiro atoms. The zero-order valence-corrected chi connectivity index (χ0v) is 14.1. The van der Waals surface area contributed by atoms with E-state index in [-0.39, 0.29) is 6.10 Å². The molecule has 2 aromatic rings. The van der Waals surface area contributed by atoms with E-state index in [9.17, 15) is 0 Å². The van der Waals surface area contributed by atoms with E-state index in [2.05, 4.69) is 38.2 Å². The highest BCUT2D eigenvalue weighted by Gasteiger charge is 2.17. The fourth-order valence-corrected chi connectivity index (χ4v) is 3.40. The van der Waals surface area contributed by atoms with E-state index in [4.69, 9.17) is 16.3 Å². The number of nitrogens with zero attached hydrogens (tertiary/aromatic N) is 2. The molecule has 1 saturated heterocycles. The first-order chi connectivity index (χ1) is 10.1. The number of anilines is 1. The van der Waals surface area contributed by atoms with Gasteiger partial charge in [-0.15, -0.1) is 0 Å². The van der Waals surface area contributed by atoms with Crippen molar-refractivity contribution in [1.29, 1.82) is 0 Å². The second-order valence-corrected chi connectivity index (χ2v) is 6.60. The lowest BCUT2D eigenvalue weighted by Crippen LogP contribution is -2.43. The molecule has 1 aromatic carbocycles. The van der Waals surface area contributed by atoms with Crippen LogP contribution in [0.3, 0.4) is 0 Å². The minimum absolute atomic E-state index is 0.203. The van der Waals surface area contributed by atoms with Gasteiger partial charge < -0.3 is 15.0 Å². The minimum Gasteiger partial charge on any atom is -0.382 e. The van der Waals surface area contributed by atoms with Crippen LogP contribution < -0.4 is 5.32 Å². The van der Waals surface area contributed by atoms with E-state index in [0.717, 1.165) is 47.3 Å². The Kier molecular flexibility index (Phi) is 4.64. The van der Waals surface area contributed by atoms with Crippen LogP contribution in [0.25, 0.3) is 10.9 Å². The molecule has 0 bridgehead atoms. The first-order valence-electron chi connectivity index (χ1n) is 6.91. The Hall–Kier alpha value is -0.880. The van der Waals surface area contributed by atoms with Crippen LogP contribution in [0, 0.1) is 0 Å². The minimum atomic E-state index is 0.203. The lowest BCUT2D eigenvalue weighted by molar-refractivity contribution is -0.0117. The molecule has 1 fully saturated rings. The van der Waals surface area contributed by atoms with Crippen molar-refractivity contribution in [3.63, 3.8) is 0 Å². The number of halogens is 2. The second-order valence-electron chi connectivity index (χ2n) is 5.28. The van der Waals surface area contributed by atoms with Gasteiger partial charge in [0, 0.05) is 41.4 Å². The zero-order chi connectivity index (χ0) is 14.8. The summed E-state index contributed by atoms with van der Waals surface area (Å²) in [5, 5.41) is 5.13. The Labute approximate surface area is 137 Å². The van der Waals surface area contributed by atoms with Crippen LogP contribution in [0.2, 0.25) is 5.02 Å². The van der Waals surface area contributed by atoms with Crippen LogP contribution in [0.4, 0.5) is 5.69 Å². The van der Waals surface area contributed by atoms with Crippen molar-refractivity contribution in [2.75, 3.05) is 38.6 Å². The van der Waals surface area contributed by atoms with E-state index in [1.807, 2.05) is 18.2 Å². The predicted octanol–water partition coefficient (Wildman–Crippen LogP) is 3.39. The standard InChI is InChI=1S/C15H17BrClN3O/c1-20-4-5-21-11(9-20)8-19-14-2-3-18-15-12(14)6-10(16)7-13(15)17/h2-3,6-7,11H,4-5,8-9H2,1H3,(H,18,19). The van der Waals surface area contributed by atoms with E-state index in [1.165, 1.54) is 0 Å². The molecule has 3 rings (SSSR count). The van der Waals surface area contributed by atoms with Crippen molar-refractivity contribution in [2.24, 2.45) is 0 Å². The molecule has 4 nitrogen and oxygen atoms in total. The summed E-state index contributed by atoms with van der Waals surface area (Å²) in [5.74, 6) is 0. The largest absolute Gasteiger partial charge is 0.382 e. The maximum Gasteiger partial charge on any atom is 0.0909 e. The van der Waals surface area contributed by atoms with Gasteiger partial charge in [0.2, 0.25) is 0 Å². The molecule has 1 aliphatic rings. The van der Waals surface area contributed by atoms with Gasteiger partial charge >= 0.3 is 0 Å². The average molecular weight is 371 g/mol. The van der Waals surface area contributed by atoms with Crippen LogP contribution in [0.15, 0.2) is 28.9 Å². The van der Waals surface area contributed by atoms with Gasteiger partial charge in [-0.2, -0.15) is 0 Å². The van der Waals surface area contributed by atoms with Gasteiger partial charge in [0.25, 0.3) is 0 Å². The smallest absolute Gasteiger partial charge is 0.0909 e. The van der Waals surface area contributed by atoms with Gasteiger partial charge in [0.15, 0.2) is 0 Å². The molecule has 6 heteroatoms. The Morgan fingerprint density at radius 2 is 2.38 bits per heavy atom. The maximum absolute atomic E-state index is 6.25. The molecule has 1 aliphatic heterocycles. The summed E-state index contributed by atoms with van der Waals surface area (Å²) in [5.41, 5.74) is 1.84. The number of ether oxygens (including phenoxy) is 1. The Morgan fingerprint density at radius 3 is 3.19 bits per heavy atom. The number of aromatic nitrogens is 1. The van der Waals surface area contributed by atoms with E-state index < -0.39 is 0 Å². The molecule has 0 aliphatic carbocycles. The topological polar surface area (TPSA) is 37.4 Å². The van der Waals surface area contributed by atoms with Crippen molar-refractivity contribution in [1.82, 2.24) is 9.88 Å². The van der Waals surface area contributed by atoms with E-state index in [0.29, 0.717) is 5.02 Å². The van der Waals surface area contributed by atoms with Gasteiger partial charge in [-0.05, 0) is 25.2 Å². The number of morpholine rings is 1. The number of likely N-dealkylation sites (N-methyl/N-ethyl adjacent to an activating group) is 1. The zero-order valence-electron chi connectivity index (χ0n) is 11.8. The van der Waals surface area contributed by atoms with Gasteiger partial charge in [0.05, 0.1) is 23.3 Å². The summed E-state index contributed by atoms with van der Waals surface area (Å²) in [4.78, 5) is 6.64. The SMILES string of the molecule is CN1CCOC(CNc2ccnc3c(Cl)cc(Br)cc23)C1. The molecule has 1 aromatic heterocycles. The molecular formula is C15H17BrClN3O. The lowest BCUT2D eigenvalue weighted by Gasteiger charge is -2.30. The number of pyridine rings is 1. The molecule has 21 heavy (non-hydrogen) atoms. The number of nitrogens with one attached hydrogen (secondary N) is 1. The van der Waals surface area contributed by atoms with Crippen LogP contribution in [0.1, 0.15) is 0 Å². The molecule has 1 N–H and O–H groups in total. The van der Waals surface area contributed by atoms with Gasteiger partial charge in [-0.3, -0.25) is 4.98 Å². The quantitative estimate of drug-likeness (QED) is 0.898. The predicted molar refractivity (Wildman–Crippen MR) is 90.2 cm³/mol. The fourth-order valence-electron chi connectivity index (χ4n) is 2.55. The lowest BCUT2D eigenvalue weighted by atomic mass is 10.2. The van der Waals surface area contributed by atoms with E-state index in [1.54, 1.807) is 6.20 Å². The van der Waals surface area contributed by atoms with Crippen LogP contribution >= 0.6 is 27.5 Å². The van der Waals surface area contributed by atoms with Crippen molar-refractivity contribution >= 4 is 44.1 Å². The van der Waals surface area contributed by atoms with Crippen LogP contribution in [0.5, 0.6) is 0 Å². The first kappa shape index (κ1) is 15.0. The molecule has 1 unspecified atom stereocenters.